The number of aliphatic imine (C=N–C) groups is 1. The Balaban J connectivity index is 1.89. The molecule has 1 fully saturated rings. The molecule has 1 heterocycles. The summed E-state index contributed by atoms with van der Waals surface area (Å²) in [6.45, 7) is 1.82. The predicted molar refractivity (Wildman–Crippen MR) is 101 cm³/mol. The number of halogens is 3. The van der Waals surface area contributed by atoms with E-state index in [0.29, 0.717) is 37.6 Å². The first-order valence-corrected chi connectivity index (χ1v) is 10.4. The van der Waals surface area contributed by atoms with Crippen molar-refractivity contribution in [3.8, 4) is 5.75 Å². The standard InChI is InChI=1S/C17H25F3N4O3S/c1-13-4-5-14(15(10-13)27-12-17(18,19)20)11-23-16(21-2)22-6-8-24-7-3-9-28(24,25)26/h4-5,10H,3,6-9,11-12H2,1-2H3,(H2,21,22,23). The Labute approximate surface area is 163 Å². The number of hydrogen-bond acceptors (Lipinski definition) is 4. The number of sulfonamides is 1. The monoisotopic (exact) mass is 422 g/mol. The van der Waals surface area contributed by atoms with Gasteiger partial charge in [-0.05, 0) is 25.0 Å². The number of hydrogen-bond donors (Lipinski definition) is 2. The van der Waals surface area contributed by atoms with Crippen molar-refractivity contribution in [3.63, 3.8) is 0 Å². The second kappa shape index (κ2) is 9.46. The number of guanidine groups is 1. The van der Waals surface area contributed by atoms with Gasteiger partial charge >= 0.3 is 6.18 Å². The van der Waals surface area contributed by atoms with Crippen molar-refractivity contribution < 1.29 is 26.3 Å². The number of nitrogens with one attached hydrogen (secondary N) is 2. The van der Waals surface area contributed by atoms with Crippen LogP contribution in [0.1, 0.15) is 17.5 Å². The third-order valence-corrected chi connectivity index (χ3v) is 6.10. The Kier molecular flexibility index (Phi) is 7.53. The van der Waals surface area contributed by atoms with Crippen LogP contribution in [-0.2, 0) is 16.6 Å². The molecule has 11 heteroatoms. The smallest absolute Gasteiger partial charge is 0.422 e. The Hall–Kier alpha value is -2.01. The third kappa shape index (κ3) is 6.86. The minimum absolute atomic E-state index is 0.156. The molecule has 0 aliphatic carbocycles. The van der Waals surface area contributed by atoms with Crippen molar-refractivity contribution in [2.45, 2.75) is 26.1 Å². The summed E-state index contributed by atoms with van der Waals surface area (Å²) in [4.78, 5) is 4.04. The van der Waals surface area contributed by atoms with Crippen LogP contribution in [0.5, 0.6) is 5.75 Å². The Morgan fingerprint density at radius 1 is 1.32 bits per heavy atom. The van der Waals surface area contributed by atoms with E-state index in [1.807, 2.05) is 0 Å². The maximum absolute atomic E-state index is 12.4. The highest BCUT2D eigenvalue weighted by atomic mass is 32.2. The highest BCUT2D eigenvalue weighted by molar-refractivity contribution is 7.89. The van der Waals surface area contributed by atoms with Crippen LogP contribution in [0, 0.1) is 6.92 Å². The lowest BCUT2D eigenvalue weighted by atomic mass is 10.1. The van der Waals surface area contributed by atoms with E-state index in [2.05, 4.69) is 15.6 Å². The second-order valence-electron chi connectivity index (χ2n) is 6.44. The van der Waals surface area contributed by atoms with Crippen LogP contribution in [0.25, 0.3) is 0 Å². The molecule has 0 unspecified atom stereocenters. The van der Waals surface area contributed by atoms with E-state index in [4.69, 9.17) is 4.74 Å². The van der Waals surface area contributed by atoms with E-state index in [0.717, 1.165) is 5.56 Å². The van der Waals surface area contributed by atoms with Crippen LogP contribution in [0.2, 0.25) is 0 Å². The number of ether oxygens (including phenoxy) is 1. The molecule has 2 rings (SSSR count). The fourth-order valence-corrected chi connectivity index (χ4v) is 4.27. The lowest BCUT2D eigenvalue weighted by molar-refractivity contribution is -0.153. The molecule has 0 aromatic heterocycles. The molecule has 1 aromatic carbocycles. The molecule has 0 bridgehead atoms. The molecule has 28 heavy (non-hydrogen) atoms. The lowest BCUT2D eigenvalue weighted by Gasteiger charge is -2.18. The van der Waals surface area contributed by atoms with Crippen molar-refractivity contribution in [2.24, 2.45) is 4.99 Å². The number of aryl methyl sites for hydroxylation is 1. The van der Waals surface area contributed by atoms with Gasteiger partial charge in [-0.2, -0.15) is 13.2 Å². The first-order valence-electron chi connectivity index (χ1n) is 8.82. The minimum atomic E-state index is -4.41. The van der Waals surface area contributed by atoms with Gasteiger partial charge in [0.2, 0.25) is 10.0 Å². The highest BCUT2D eigenvalue weighted by Gasteiger charge is 2.29. The van der Waals surface area contributed by atoms with Gasteiger partial charge in [0.05, 0.1) is 5.75 Å². The third-order valence-electron chi connectivity index (χ3n) is 4.14. The molecule has 0 spiro atoms. The van der Waals surface area contributed by atoms with E-state index in [1.165, 1.54) is 4.31 Å². The van der Waals surface area contributed by atoms with E-state index in [1.54, 1.807) is 32.2 Å². The molecule has 0 radical (unpaired) electrons. The van der Waals surface area contributed by atoms with Gasteiger partial charge in [0, 0.05) is 38.8 Å². The summed E-state index contributed by atoms with van der Waals surface area (Å²) in [7, 11) is -1.60. The molecular formula is C17H25F3N4O3S. The fourth-order valence-electron chi connectivity index (χ4n) is 2.74. The average molecular weight is 422 g/mol. The van der Waals surface area contributed by atoms with Gasteiger partial charge in [-0.15, -0.1) is 0 Å². The average Bonchev–Trinajstić information content (AvgIpc) is 2.95. The zero-order valence-electron chi connectivity index (χ0n) is 15.8. The van der Waals surface area contributed by atoms with Gasteiger partial charge in [0.15, 0.2) is 12.6 Å². The molecule has 158 valence electrons. The summed E-state index contributed by atoms with van der Waals surface area (Å²) in [5.41, 5.74) is 1.34. The first kappa shape index (κ1) is 22.3. The predicted octanol–water partition coefficient (Wildman–Crippen LogP) is 1.64. The van der Waals surface area contributed by atoms with E-state index < -0.39 is 22.8 Å². The normalized spacial score (nSPS) is 17.5. The van der Waals surface area contributed by atoms with Crippen LogP contribution in [0.4, 0.5) is 13.2 Å². The van der Waals surface area contributed by atoms with Gasteiger partial charge in [0.1, 0.15) is 5.75 Å². The number of nitrogens with zero attached hydrogens (tertiary/aromatic N) is 2. The summed E-state index contributed by atoms with van der Waals surface area (Å²) in [5.74, 6) is 0.746. The van der Waals surface area contributed by atoms with Crippen LogP contribution in [0.3, 0.4) is 0 Å². The number of alkyl halides is 3. The Morgan fingerprint density at radius 2 is 2.07 bits per heavy atom. The molecular weight excluding hydrogens is 397 g/mol. The van der Waals surface area contributed by atoms with Crippen molar-refractivity contribution in [2.75, 3.05) is 39.0 Å². The highest BCUT2D eigenvalue weighted by Crippen LogP contribution is 2.23. The van der Waals surface area contributed by atoms with Crippen LogP contribution < -0.4 is 15.4 Å². The summed E-state index contributed by atoms with van der Waals surface area (Å²) >= 11 is 0. The van der Waals surface area contributed by atoms with Crippen molar-refractivity contribution in [3.05, 3.63) is 29.3 Å². The maximum Gasteiger partial charge on any atom is 0.422 e. The minimum Gasteiger partial charge on any atom is -0.484 e. The van der Waals surface area contributed by atoms with E-state index in [-0.39, 0.29) is 18.0 Å². The van der Waals surface area contributed by atoms with Crippen LogP contribution in [0.15, 0.2) is 23.2 Å². The fraction of sp³-hybridized carbons (Fsp3) is 0.588. The number of rotatable bonds is 7. The zero-order chi connectivity index (χ0) is 20.8. The summed E-state index contributed by atoms with van der Waals surface area (Å²) in [6, 6.07) is 5.03. The molecule has 0 saturated carbocycles. The van der Waals surface area contributed by atoms with Gasteiger partial charge in [-0.1, -0.05) is 12.1 Å². The van der Waals surface area contributed by atoms with E-state index in [9.17, 15) is 21.6 Å². The molecule has 0 amide bonds. The summed E-state index contributed by atoms with van der Waals surface area (Å²) in [6.07, 6.45) is -3.79. The summed E-state index contributed by atoms with van der Waals surface area (Å²) in [5, 5.41) is 6.00. The van der Waals surface area contributed by atoms with Crippen LogP contribution in [-0.4, -0.2) is 63.9 Å². The molecule has 1 aromatic rings. The quantitative estimate of drug-likeness (QED) is 0.516. The maximum atomic E-state index is 12.4. The van der Waals surface area contributed by atoms with Crippen molar-refractivity contribution >= 4 is 16.0 Å². The largest absolute Gasteiger partial charge is 0.484 e. The second-order valence-corrected chi connectivity index (χ2v) is 8.52. The first-order chi connectivity index (χ1) is 13.1. The Bertz CT molecular complexity index is 797. The van der Waals surface area contributed by atoms with E-state index >= 15 is 0 Å². The summed E-state index contributed by atoms with van der Waals surface area (Å²) < 4.78 is 67.2. The molecule has 2 N–H and O–H groups in total. The van der Waals surface area contributed by atoms with Crippen LogP contribution >= 0.6 is 0 Å². The SMILES string of the molecule is CN=C(NCCN1CCCS1(=O)=O)NCc1ccc(C)cc1OCC(F)(F)F. The van der Waals surface area contributed by atoms with Crippen molar-refractivity contribution in [1.29, 1.82) is 0 Å². The topological polar surface area (TPSA) is 83.0 Å². The van der Waals surface area contributed by atoms with Crippen molar-refractivity contribution in [1.82, 2.24) is 14.9 Å². The molecule has 0 atom stereocenters. The zero-order valence-corrected chi connectivity index (χ0v) is 16.7. The van der Waals surface area contributed by atoms with Gasteiger partial charge < -0.3 is 15.4 Å². The number of benzene rings is 1. The molecule has 1 saturated heterocycles. The lowest BCUT2D eigenvalue weighted by Crippen LogP contribution is -2.41. The molecule has 7 nitrogen and oxygen atoms in total. The molecule has 1 aliphatic heterocycles. The van der Waals surface area contributed by atoms with Gasteiger partial charge in [-0.25, -0.2) is 12.7 Å². The van der Waals surface area contributed by atoms with Gasteiger partial charge in [-0.3, -0.25) is 4.99 Å². The molecule has 1 aliphatic rings. The Morgan fingerprint density at radius 3 is 2.68 bits per heavy atom. The van der Waals surface area contributed by atoms with Gasteiger partial charge in [0.25, 0.3) is 0 Å².